The predicted molar refractivity (Wildman–Crippen MR) is 115 cm³/mol. The lowest BCUT2D eigenvalue weighted by Crippen LogP contribution is -2.26. The number of amides is 1. The molecule has 0 aliphatic carbocycles. The van der Waals surface area contributed by atoms with Gasteiger partial charge in [0.2, 0.25) is 0 Å². The van der Waals surface area contributed by atoms with Crippen molar-refractivity contribution in [3.63, 3.8) is 0 Å². The van der Waals surface area contributed by atoms with Crippen molar-refractivity contribution < 1.29 is 4.79 Å². The van der Waals surface area contributed by atoms with Gasteiger partial charge in [-0.1, -0.05) is 48.5 Å². The maximum Gasteiger partial charge on any atom is 0.270 e. The van der Waals surface area contributed by atoms with E-state index in [1.54, 1.807) is 6.07 Å². The second kappa shape index (κ2) is 8.56. The van der Waals surface area contributed by atoms with Gasteiger partial charge in [0.05, 0.1) is 0 Å². The molecule has 0 saturated carbocycles. The Kier molecular flexibility index (Phi) is 5.52. The number of H-pyrrole nitrogens is 1. The lowest BCUT2D eigenvalue weighted by Gasteiger charge is -2.15. The first kappa shape index (κ1) is 18.7. The number of carbonyl (C=O) groups excluding carboxylic acids is 1. The van der Waals surface area contributed by atoms with Crippen molar-refractivity contribution >= 4 is 22.6 Å². The molecule has 0 radical (unpaired) electrons. The lowest BCUT2D eigenvalue weighted by molar-refractivity contribution is 0.0949. The van der Waals surface area contributed by atoms with Gasteiger partial charge in [-0.05, 0) is 30.5 Å². The van der Waals surface area contributed by atoms with Gasteiger partial charge in [0, 0.05) is 35.8 Å². The minimum atomic E-state index is -0.206. The van der Waals surface area contributed by atoms with Crippen LogP contribution in [-0.4, -0.2) is 27.4 Å². The molecular formula is C23H23N5O. The molecule has 6 nitrogen and oxygen atoms in total. The first-order valence-corrected chi connectivity index (χ1v) is 9.67. The quantitative estimate of drug-likeness (QED) is 0.447. The number of anilines is 1. The van der Waals surface area contributed by atoms with Crippen LogP contribution >= 0.6 is 0 Å². The average molecular weight is 385 g/mol. The highest BCUT2D eigenvalue weighted by Gasteiger charge is 2.11. The van der Waals surface area contributed by atoms with Gasteiger partial charge in [-0.2, -0.15) is 0 Å². The normalized spacial score (nSPS) is 11.9. The molecule has 3 N–H and O–H groups in total. The van der Waals surface area contributed by atoms with Crippen molar-refractivity contribution in [2.75, 3.05) is 11.9 Å². The van der Waals surface area contributed by atoms with Crippen LogP contribution in [0.25, 0.3) is 10.9 Å². The number of carbonyl (C=O) groups is 1. The number of rotatable bonds is 7. The molecule has 0 spiro atoms. The topological polar surface area (TPSA) is 82.7 Å². The van der Waals surface area contributed by atoms with Crippen LogP contribution in [0.1, 0.15) is 34.6 Å². The van der Waals surface area contributed by atoms with E-state index in [1.165, 1.54) is 17.3 Å². The number of aromatic amines is 1. The first-order valence-electron chi connectivity index (χ1n) is 9.67. The minimum Gasteiger partial charge on any atom is -0.363 e. The highest BCUT2D eigenvalue weighted by Crippen LogP contribution is 2.18. The standard InChI is InChI=1S/C23H23N5O/c1-16(17-7-3-2-4-8-17)28-22-13-21(26-15-27-22)23(29)24-12-11-18-14-25-20-10-6-5-9-19(18)20/h2-10,13-16,25H,11-12H2,1H3,(H,24,29)(H,26,27,28). The van der Waals surface area contributed by atoms with Crippen LogP contribution in [0.2, 0.25) is 0 Å². The fourth-order valence-corrected chi connectivity index (χ4v) is 3.35. The highest BCUT2D eigenvalue weighted by molar-refractivity contribution is 5.92. The zero-order valence-corrected chi connectivity index (χ0v) is 16.2. The SMILES string of the molecule is CC(Nc1cc(C(=O)NCCc2c[nH]c3ccccc23)ncn1)c1ccccc1. The Morgan fingerprint density at radius 2 is 1.86 bits per heavy atom. The van der Waals surface area contributed by atoms with E-state index in [1.807, 2.05) is 42.6 Å². The minimum absolute atomic E-state index is 0.0730. The van der Waals surface area contributed by atoms with Crippen LogP contribution in [0.4, 0.5) is 5.82 Å². The summed E-state index contributed by atoms with van der Waals surface area (Å²) in [7, 11) is 0. The summed E-state index contributed by atoms with van der Waals surface area (Å²) in [6.45, 7) is 2.59. The molecule has 0 bridgehead atoms. The van der Waals surface area contributed by atoms with Crippen LogP contribution in [-0.2, 0) is 6.42 Å². The smallest absolute Gasteiger partial charge is 0.270 e. The molecule has 4 aromatic rings. The summed E-state index contributed by atoms with van der Waals surface area (Å²) in [6.07, 6.45) is 4.15. The monoisotopic (exact) mass is 385 g/mol. The Bertz CT molecular complexity index is 1110. The summed E-state index contributed by atoms with van der Waals surface area (Å²) in [6, 6.07) is 20.0. The molecule has 6 heteroatoms. The van der Waals surface area contributed by atoms with E-state index in [0.29, 0.717) is 18.1 Å². The Labute approximate surface area is 169 Å². The molecule has 0 fully saturated rings. The molecule has 2 aromatic carbocycles. The van der Waals surface area contributed by atoms with Crippen molar-refractivity contribution in [2.45, 2.75) is 19.4 Å². The maximum absolute atomic E-state index is 12.5. The van der Waals surface area contributed by atoms with E-state index in [9.17, 15) is 4.79 Å². The third-order valence-electron chi connectivity index (χ3n) is 4.92. The number of nitrogens with zero attached hydrogens (tertiary/aromatic N) is 2. The van der Waals surface area contributed by atoms with Gasteiger partial charge < -0.3 is 15.6 Å². The van der Waals surface area contributed by atoms with Crippen molar-refractivity contribution in [1.29, 1.82) is 0 Å². The molecule has 4 rings (SSSR count). The van der Waals surface area contributed by atoms with Gasteiger partial charge in [-0.3, -0.25) is 4.79 Å². The molecule has 0 aliphatic rings. The highest BCUT2D eigenvalue weighted by atomic mass is 16.1. The zero-order chi connectivity index (χ0) is 20.1. The van der Waals surface area contributed by atoms with Gasteiger partial charge in [0.15, 0.2) is 0 Å². The van der Waals surface area contributed by atoms with E-state index < -0.39 is 0 Å². The van der Waals surface area contributed by atoms with Gasteiger partial charge in [0.25, 0.3) is 5.91 Å². The fourth-order valence-electron chi connectivity index (χ4n) is 3.35. The van der Waals surface area contributed by atoms with E-state index in [-0.39, 0.29) is 11.9 Å². The largest absolute Gasteiger partial charge is 0.363 e. The van der Waals surface area contributed by atoms with Gasteiger partial charge in [0.1, 0.15) is 17.8 Å². The van der Waals surface area contributed by atoms with Crippen molar-refractivity contribution in [3.8, 4) is 0 Å². The molecule has 146 valence electrons. The third-order valence-corrected chi connectivity index (χ3v) is 4.92. The van der Waals surface area contributed by atoms with E-state index in [0.717, 1.165) is 17.5 Å². The summed E-state index contributed by atoms with van der Waals surface area (Å²) in [5, 5.41) is 7.45. The summed E-state index contributed by atoms with van der Waals surface area (Å²) in [5.74, 6) is 0.417. The van der Waals surface area contributed by atoms with Crippen molar-refractivity contribution in [3.05, 3.63) is 90.0 Å². The summed E-state index contributed by atoms with van der Waals surface area (Å²) in [4.78, 5) is 24.1. The number of para-hydroxylation sites is 1. The summed E-state index contributed by atoms with van der Waals surface area (Å²) >= 11 is 0. The van der Waals surface area contributed by atoms with Crippen LogP contribution in [0.15, 0.2) is 73.2 Å². The Morgan fingerprint density at radius 3 is 2.72 bits per heavy atom. The molecule has 0 aliphatic heterocycles. The van der Waals surface area contributed by atoms with E-state index in [4.69, 9.17) is 0 Å². The van der Waals surface area contributed by atoms with Crippen LogP contribution in [0.3, 0.4) is 0 Å². The number of hydrogen-bond donors (Lipinski definition) is 3. The predicted octanol–water partition coefficient (Wildman–Crippen LogP) is 4.10. The third kappa shape index (κ3) is 4.43. The van der Waals surface area contributed by atoms with Crippen LogP contribution in [0.5, 0.6) is 0 Å². The van der Waals surface area contributed by atoms with Crippen LogP contribution < -0.4 is 10.6 Å². The number of aromatic nitrogens is 3. The average Bonchev–Trinajstić information content (AvgIpc) is 3.18. The van der Waals surface area contributed by atoms with Gasteiger partial charge >= 0.3 is 0 Å². The summed E-state index contributed by atoms with van der Waals surface area (Å²) in [5.41, 5.74) is 3.79. The number of hydrogen-bond acceptors (Lipinski definition) is 4. The Hall–Kier alpha value is -3.67. The fraction of sp³-hybridized carbons (Fsp3) is 0.174. The number of nitrogens with one attached hydrogen (secondary N) is 3. The first-order chi connectivity index (χ1) is 14.2. The number of benzene rings is 2. The second-order valence-corrected chi connectivity index (χ2v) is 6.93. The van der Waals surface area contributed by atoms with Crippen molar-refractivity contribution in [1.82, 2.24) is 20.3 Å². The maximum atomic E-state index is 12.5. The van der Waals surface area contributed by atoms with E-state index in [2.05, 4.69) is 50.7 Å². The molecular weight excluding hydrogens is 362 g/mol. The van der Waals surface area contributed by atoms with Crippen molar-refractivity contribution in [2.24, 2.45) is 0 Å². The number of fused-ring (bicyclic) bond motifs is 1. The molecule has 1 unspecified atom stereocenters. The van der Waals surface area contributed by atoms with Gasteiger partial charge in [-0.15, -0.1) is 0 Å². The Balaban J connectivity index is 1.36. The van der Waals surface area contributed by atoms with E-state index >= 15 is 0 Å². The molecule has 1 amide bonds. The Morgan fingerprint density at radius 1 is 1.07 bits per heavy atom. The molecule has 2 heterocycles. The molecule has 1 atom stereocenters. The molecule has 29 heavy (non-hydrogen) atoms. The molecule has 2 aromatic heterocycles. The molecule has 0 saturated heterocycles. The lowest BCUT2D eigenvalue weighted by atomic mass is 10.1. The van der Waals surface area contributed by atoms with Crippen LogP contribution in [0, 0.1) is 0 Å². The van der Waals surface area contributed by atoms with Gasteiger partial charge in [-0.25, -0.2) is 9.97 Å². The second-order valence-electron chi connectivity index (χ2n) is 6.93. The summed E-state index contributed by atoms with van der Waals surface area (Å²) < 4.78 is 0. The zero-order valence-electron chi connectivity index (χ0n) is 16.2.